The Morgan fingerprint density at radius 3 is 2.83 bits per heavy atom. The van der Waals surface area contributed by atoms with Crippen LogP contribution in [0.4, 0.5) is 4.79 Å². The van der Waals surface area contributed by atoms with Gasteiger partial charge in [-0.15, -0.1) is 18.2 Å². The number of nitrogens with one attached hydrogen (secondary N) is 1. The van der Waals surface area contributed by atoms with Gasteiger partial charge >= 0.3 is 12.0 Å². The van der Waals surface area contributed by atoms with Crippen molar-refractivity contribution in [1.29, 1.82) is 0 Å². The van der Waals surface area contributed by atoms with Crippen molar-refractivity contribution in [3.63, 3.8) is 0 Å². The Morgan fingerprint density at radius 2 is 2.33 bits per heavy atom. The van der Waals surface area contributed by atoms with Crippen molar-refractivity contribution < 1.29 is 14.7 Å². The summed E-state index contributed by atoms with van der Waals surface area (Å²) in [5.41, 5.74) is 0. The highest BCUT2D eigenvalue weighted by Crippen LogP contribution is 2.28. The quantitative estimate of drug-likeness (QED) is 0.757. The minimum Gasteiger partial charge on any atom is -0.480 e. The maximum absolute atomic E-state index is 12.1. The molecule has 0 aromatic carbocycles. The summed E-state index contributed by atoms with van der Waals surface area (Å²) in [6.07, 6.45) is 6.88. The number of thioether (sulfide) groups is 1. The highest BCUT2D eigenvalue weighted by molar-refractivity contribution is 8.00. The Morgan fingerprint density at radius 1 is 1.67 bits per heavy atom. The number of amides is 2. The first-order valence-electron chi connectivity index (χ1n) is 5.90. The molecule has 5 nitrogen and oxygen atoms in total. The molecule has 2 amide bonds. The molecule has 0 saturated carbocycles. The van der Waals surface area contributed by atoms with E-state index in [1.165, 1.54) is 16.7 Å². The molecule has 0 radical (unpaired) electrons. The fraction of sp³-hybridized carbons (Fsp3) is 0.667. The minimum atomic E-state index is -0.977. The van der Waals surface area contributed by atoms with Crippen LogP contribution in [0, 0.1) is 12.3 Å². The molecule has 2 N–H and O–H groups in total. The molecule has 3 unspecified atom stereocenters. The van der Waals surface area contributed by atoms with Crippen molar-refractivity contribution in [2.45, 2.75) is 44.1 Å². The van der Waals surface area contributed by atoms with Crippen molar-refractivity contribution in [1.82, 2.24) is 10.2 Å². The van der Waals surface area contributed by atoms with E-state index in [1.807, 2.05) is 13.8 Å². The van der Waals surface area contributed by atoms with Gasteiger partial charge in [0.15, 0.2) is 0 Å². The smallest absolute Gasteiger partial charge is 0.327 e. The third kappa shape index (κ3) is 3.33. The van der Waals surface area contributed by atoms with Crippen molar-refractivity contribution in [2.24, 2.45) is 0 Å². The van der Waals surface area contributed by atoms with Gasteiger partial charge in [-0.25, -0.2) is 9.59 Å². The molecule has 1 rings (SSSR count). The Labute approximate surface area is 111 Å². The van der Waals surface area contributed by atoms with E-state index in [4.69, 9.17) is 11.5 Å². The first-order chi connectivity index (χ1) is 8.51. The maximum Gasteiger partial charge on any atom is 0.327 e. The summed E-state index contributed by atoms with van der Waals surface area (Å²) < 4.78 is 0. The summed E-state index contributed by atoms with van der Waals surface area (Å²) in [6, 6.07) is -1.50. The zero-order valence-electron chi connectivity index (χ0n) is 10.5. The van der Waals surface area contributed by atoms with Crippen LogP contribution in [0.2, 0.25) is 0 Å². The van der Waals surface area contributed by atoms with Gasteiger partial charge in [-0.3, -0.25) is 4.90 Å². The number of carbonyl (C=O) groups excluding carboxylic acids is 1. The molecule has 0 aromatic heterocycles. The third-order valence-electron chi connectivity index (χ3n) is 2.82. The number of hydrogen-bond donors (Lipinski definition) is 2. The van der Waals surface area contributed by atoms with Crippen LogP contribution in [0.25, 0.3) is 0 Å². The highest BCUT2D eigenvalue weighted by atomic mass is 32.2. The third-order valence-corrected chi connectivity index (χ3v) is 4.04. The lowest BCUT2D eigenvalue weighted by atomic mass is 10.2. The van der Waals surface area contributed by atoms with Crippen molar-refractivity contribution in [3.8, 4) is 12.3 Å². The molecule has 1 saturated heterocycles. The molecular weight excluding hydrogens is 252 g/mol. The Kier molecular flexibility index (Phi) is 5.35. The summed E-state index contributed by atoms with van der Waals surface area (Å²) in [7, 11) is 0. The Bertz CT molecular complexity index is 367. The van der Waals surface area contributed by atoms with Gasteiger partial charge < -0.3 is 10.4 Å². The van der Waals surface area contributed by atoms with E-state index >= 15 is 0 Å². The lowest BCUT2D eigenvalue weighted by Gasteiger charge is -2.26. The van der Waals surface area contributed by atoms with E-state index in [-0.39, 0.29) is 11.4 Å². The summed E-state index contributed by atoms with van der Waals surface area (Å²) in [6.45, 7) is 3.79. The van der Waals surface area contributed by atoms with Gasteiger partial charge in [0.2, 0.25) is 0 Å². The lowest BCUT2D eigenvalue weighted by molar-refractivity contribution is -0.141. The Balaban J connectivity index is 2.69. The number of aliphatic carboxylic acids is 1. The van der Waals surface area contributed by atoms with Crippen LogP contribution in [0.3, 0.4) is 0 Å². The lowest BCUT2D eigenvalue weighted by Crippen LogP contribution is -2.51. The standard InChI is InChI=1S/C12H18N2O3S/c1-4-6-9(5-2)13-12(17)14-8(3)18-7-10(14)11(15)16/h2,8-10H,4,6-7H2,1,3H3,(H,13,17)(H,15,16). The molecule has 100 valence electrons. The number of carboxylic acid groups (broad SMARTS) is 1. The van der Waals surface area contributed by atoms with E-state index in [1.54, 1.807) is 0 Å². The number of urea groups is 1. The number of carboxylic acids is 1. The maximum atomic E-state index is 12.1. The van der Waals surface area contributed by atoms with E-state index in [2.05, 4.69) is 11.2 Å². The van der Waals surface area contributed by atoms with Gasteiger partial charge in [-0.1, -0.05) is 19.3 Å². The molecular formula is C12H18N2O3S. The monoisotopic (exact) mass is 270 g/mol. The van der Waals surface area contributed by atoms with Gasteiger partial charge in [0, 0.05) is 5.75 Å². The normalized spacial score (nSPS) is 24.4. The summed E-state index contributed by atoms with van der Waals surface area (Å²) in [5, 5.41) is 11.6. The average molecular weight is 270 g/mol. The van der Waals surface area contributed by atoms with E-state index in [0.717, 1.165) is 6.42 Å². The van der Waals surface area contributed by atoms with Gasteiger partial charge in [0.05, 0.1) is 11.4 Å². The average Bonchev–Trinajstić information content (AvgIpc) is 2.70. The van der Waals surface area contributed by atoms with Crippen molar-refractivity contribution in [3.05, 3.63) is 0 Å². The fourth-order valence-electron chi connectivity index (χ4n) is 1.85. The van der Waals surface area contributed by atoms with Crippen molar-refractivity contribution in [2.75, 3.05) is 5.75 Å². The first kappa shape index (κ1) is 14.7. The van der Waals surface area contributed by atoms with Crippen LogP contribution in [-0.4, -0.2) is 45.2 Å². The van der Waals surface area contributed by atoms with Crippen LogP contribution in [0.1, 0.15) is 26.7 Å². The second-order valence-electron chi connectivity index (χ2n) is 4.15. The molecule has 1 fully saturated rings. The largest absolute Gasteiger partial charge is 0.480 e. The summed E-state index contributed by atoms with van der Waals surface area (Å²) >= 11 is 1.45. The van der Waals surface area contributed by atoms with Crippen LogP contribution < -0.4 is 5.32 Å². The number of nitrogens with zero attached hydrogens (tertiary/aromatic N) is 1. The molecule has 6 heteroatoms. The number of rotatable bonds is 4. The molecule has 18 heavy (non-hydrogen) atoms. The van der Waals surface area contributed by atoms with Crippen molar-refractivity contribution >= 4 is 23.8 Å². The Hall–Kier alpha value is -1.35. The number of hydrogen-bond acceptors (Lipinski definition) is 3. The van der Waals surface area contributed by atoms with Crippen LogP contribution >= 0.6 is 11.8 Å². The number of terminal acetylenes is 1. The number of carbonyl (C=O) groups is 2. The van der Waals surface area contributed by atoms with E-state index in [0.29, 0.717) is 12.2 Å². The molecule has 1 aliphatic heterocycles. The summed E-state index contributed by atoms with van der Waals surface area (Å²) in [5.74, 6) is 1.94. The predicted octanol–water partition coefficient (Wildman–Crippen LogP) is 1.35. The van der Waals surface area contributed by atoms with Crippen LogP contribution in [0.5, 0.6) is 0 Å². The van der Waals surface area contributed by atoms with Gasteiger partial charge in [-0.05, 0) is 13.3 Å². The first-order valence-corrected chi connectivity index (χ1v) is 6.95. The van der Waals surface area contributed by atoms with E-state index < -0.39 is 18.0 Å². The predicted molar refractivity (Wildman–Crippen MR) is 71.2 cm³/mol. The molecule has 0 bridgehead atoms. The van der Waals surface area contributed by atoms with Gasteiger partial charge in [0.1, 0.15) is 6.04 Å². The molecule has 1 aliphatic rings. The molecule has 0 spiro atoms. The SMILES string of the molecule is C#CC(CCC)NC(=O)N1C(C)SCC1C(=O)O. The fourth-order valence-corrected chi connectivity index (χ4v) is 3.02. The van der Waals surface area contributed by atoms with Crippen LogP contribution in [-0.2, 0) is 4.79 Å². The minimum absolute atomic E-state index is 0.147. The van der Waals surface area contributed by atoms with Gasteiger partial charge in [0.25, 0.3) is 0 Å². The second kappa shape index (κ2) is 6.55. The van der Waals surface area contributed by atoms with E-state index in [9.17, 15) is 9.59 Å². The molecule has 0 aliphatic carbocycles. The topological polar surface area (TPSA) is 69.6 Å². The van der Waals surface area contributed by atoms with Crippen LogP contribution in [0.15, 0.2) is 0 Å². The molecule has 1 heterocycles. The second-order valence-corrected chi connectivity index (χ2v) is 5.50. The molecule has 0 aromatic rings. The zero-order chi connectivity index (χ0) is 13.7. The zero-order valence-corrected chi connectivity index (χ0v) is 11.4. The van der Waals surface area contributed by atoms with Gasteiger partial charge in [-0.2, -0.15) is 0 Å². The summed E-state index contributed by atoms with van der Waals surface area (Å²) in [4.78, 5) is 24.5. The molecule has 3 atom stereocenters. The highest BCUT2D eigenvalue weighted by Gasteiger charge is 2.39.